The summed E-state index contributed by atoms with van der Waals surface area (Å²) in [5, 5.41) is 3.55. The molecular weight excluding hydrogens is 370 g/mol. The van der Waals surface area contributed by atoms with Crippen molar-refractivity contribution in [2.45, 2.75) is 25.9 Å². The number of hydrogen-bond acceptors (Lipinski definition) is 3. The Morgan fingerprint density at radius 2 is 1.50 bits per heavy atom. The Morgan fingerprint density at radius 3 is 2.18 bits per heavy atom. The van der Waals surface area contributed by atoms with Crippen LogP contribution in [-0.2, 0) is 13.0 Å². The maximum absolute atomic E-state index is 5.94. The van der Waals surface area contributed by atoms with E-state index in [2.05, 4.69) is 54.7 Å². The molecule has 0 aromatic heterocycles. The van der Waals surface area contributed by atoms with E-state index >= 15 is 0 Å². The van der Waals surface area contributed by atoms with Crippen molar-refractivity contribution in [1.82, 2.24) is 5.32 Å². The lowest BCUT2D eigenvalue weighted by Gasteiger charge is -2.16. The van der Waals surface area contributed by atoms with Gasteiger partial charge in [-0.15, -0.1) is 0 Å². The molecule has 1 N–H and O–H groups in total. The Hall–Kier alpha value is -2.49. The van der Waals surface area contributed by atoms with Crippen molar-refractivity contribution in [3.05, 3.63) is 95.6 Å². The third-order valence-electron chi connectivity index (χ3n) is 4.63. The molecule has 3 aromatic rings. The number of benzene rings is 3. The van der Waals surface area contributed by atoms with E-state index in [0.717, 1.165) is 24.5 Å². The van der Waals surface area contributed by atoms with Crippen molar-refractivity contribution in [3.63, 3.8) is 0 Å². The Kier molecular flexibility index (Phi) is 8.86. The maximum Gasteiger partial charge on any atom is 0.161 e. The fourth-order valence-corrected chi connectivity index (χ4v) is 3.00. The fourth-order valence-electron chi connectivity index (χ4n) is 3.00. The highest BCUT2D eigenvalue weighted by molar-refractivity contribution is 5.43. The molecule has 0 radical (unpaired) electrons. The van der Waals surface area contributed by atoms with Crippen LogP contribution in [0.1, 0.15) is 29.7 Å². The summed E-state index contributed by atoms with van der Waals surface area (Å²) in [5.74, 6) is 1.56. The molecule has 0 aliphatic rings. The molecule has 0 bridgehead atoms. The quantitative estimate of drug-likeness (QED) is 0.601. The van der Waals surface area contributed by atoms with Crippen LogP contribution in [0.15, 0.2) is 78.9 Å². The van der Waals surface area contributed by atoms with Crippen LogP contribution in [0, 0.1) is 0 Å². The largest absolute Gasteiger partial charge is 1.00 e. The van der Waals surface area contributed by atoms with E-state index in [-0.39, 0.29) is 12.4 Å². The second-order valence-electron chi connectivity index (χ2n) is 6.58. The van der Waals surface area contributed by atoms with Crippen LogP contribution < -0.4 is 27.2 Å². The lowest BCUT2D eigenvalue weighted by molar-refractivity contribution is -0.00000623. The van der Waals surface area contributed by atoms with E-state index in [0.29, 0.717) is 12.6 Å². The zero-order valence-electron chi connectivity index (χ0n) is 16.4. The van der Waals surface area contributed by atoms with Crippen molar-refractivity contribution in [2.24, 2.45) is 0 Å². The molecule has 0 aliphatic carbocycles. The summed E-state index contributed by atoms with van der Waals surface area (Å²) in [6.45, 7) is 3.58. The lowest BCUT2D eigenvalue weighted by atomic mass is 10.1. The molecule has 3 nitrogen and oxygen atoms in total. The number of halogens is 1. The Bertz CT molecular complexity index is 825. The molecule has 0 aliphatic heterocycles. The first kappa shape index (κ1) is 21.8. The number of nitrogens with one attached hydrogen (secondary N) is 1. The van der Waals surface area contributed by atoms with Gasteiger partial charge in [0.1, 0.15) is 0 Å². The fraction of sp³-hybridized carbons (Fsp3) is 0.250. The van der Waals surface area contributed by atoms with Gasteiger partial charge >= 0.3 is 0 Å². The summed E-state index contributed by atoms with van der Waals surface area (Å²) in [6, 6.07) is 27.2. The zero-order chi connectivity index (χ0) is 18.9. The monoisotopic (exact) mass is 396 g/mol. The smallest absolute Gasteiger partial charge is 0.161 e. The van der Waals surface area contributed by atoms with Crippen molar-refractivity contribution in [2.75, 3.05) is 13.7 Å². The first-order chi connectivity index (χ1) is 13.3. The average Bonchev–Trinajstić information content (AvgIpc) is 2.74. The van der Waals surface area contributed by atoms with Crippen LogP contribution in [0.25, 0.3) is 0 Å². The molecule has 4 heteroatoms. The van der Waals surface area contributed by atoms with Crippen molar-refractivity contribution in [3.8, 4) is 11.5 Å². The highest BCUT2D eigenvalue weighted by Crippen LogP contribution is 2.28. The SMILES string of the molecule is COc1cc(CNC(C)c2ccccc2)ccc1OCCc1ccccc1.[Cl-]. The molecule has 0 fully saturated rings. The molecule has 0 saturated heterocycles. The summed E-state index contributed by atoms with van der Waals surface area (Å²) >= 11 is 0. The van der Waals surface area contributed by atoms with E-state index in [1.54, 1.807) is 7.11 Å². The van der Waals surface area contributed by atoms with Crippen LogP contribution in [-0.4, -0.2) is 13.7 Å². The van der Waals surface area contributed by atoms with Gasteiger partial charge in [0.15, 0.2) is 11.5 Å². The van der Waals surface area contributed by atoms with Crippen LogP contribution in [0.4, 0.5) is 0 Å². The average molecular weight is 397 g/mol. The first-order valence-electron chi connectivity index (χ1n) is 9.38. The van der Waals surface area contributed by atoms with Gasteiger partial charge in [0.2, 0.25) is 0 Å². The maximum atomic E-state index is 5.94. The number of rotatable bonds is 9. The molecule has 148 valence electrons. The van der Waals surface area contributed by atoms with Gasteiger partial charge in [-0.2, -0.15) is 0 Å². The molecular formula is C24H27ClNO2-. The second-order valence-corrected chi connectivity index (χ2v) is 6.58. The Morgan fingerprint density at radius 1 is 0.821 bits per heavy atom. The third-order valence-corrected chi connectivity index (χ3v) is 4.63. The summed E-state index contributed by atoms with van der Waals surface area (Å²) in [7, 11) is 1.68. The number of ether oxygens (including phenoxy) is 2. The molecule has 3 rings (SSSR count). The number of methoxy groups -OCH3 is 1. The molecule has 1 unspecified atom stereocenters. The summed E-state index contributed by atoms with van der Waals surface area (Å²) in [4.78, 5) is 0. The van der Waals surface area contributed by atoms with E-state index in [4.69, 9.17) is 9.47 Å². The Labute approximate surface area is 174 Å². The predicted octanol–water partition coefficient (Wildman–Crippen LogP) is 2.17. The van der Waals surface area contributed by atoms with E-state index in [1.165, 1.54) is 16.7 Å². The van der Waals surface area contributed by atoms with E-state index in [9.17, 15) is 0 Å². The van der Waals surface area contributed by atoms with Crippen molar-refractivity contribution < 1.29 is 21.9 Å². The Balaban J connectivity index is 0.00000280. The van der Waals surface area contributed by atoms with E-state index in [1.807, 2.05) is 36.4 Å². The van der Waals surface area contributed by atoms with Crippen LogP contribution in [0.5, 0.6) is 11.5 Å². The lowest BCUT2D eigenvalue weighted by Crippen LogP contribution is -3.00. The normalized spacial score (nSPS) is 11.4. The van der Waals surface area contributed by atoms with Gasteiger partial charge in [-0.1, -0.05) is 66.7 Å². The van der Waals surface area contributed by atoms with Gasteiger partial charge in [0.25, 0.3) is 0 Å². The van der Waals surface area contributed by atoms with Gasteiger partial charge in [-0.05, 0) is 35.7 Å². The summed E-state index contributed by atoms with van der Waals surface area (Å²) < 4.78 is 11.5. The highest BCUT2D eigenvalue weighted by atomic mass is 35.5. The molecule has 0 amide bonds. The molecule has 1 atom stereocenters. The van der Waals surface area contributed by atoms with Crippen molar-refractivity contribution >= 4 is 0 Å². The second kappa shape index (κ2) is 11.4. The predicted molar refractivity (Wildman–Crippen MR) is 110 cm³/mol. The standard InChI is InChI=1S/C24H27NO2.ClH/c1-19(22-11-7-4-8-12-22)25-18-21-13-14-23(24(17-21)26-2)27-16-15-20-9-5-3-6-10-20;/h3-14,17,19,25H,15-16,18H2,1-2H3;1H/p-1. The molecule has 0 heterocycles. The number of hydrogen-bond donors (Lipinski definition) is 1. The summed E-state index contributed by atoms with van der Waals surface area (Å²) in [6.07, 6.45) is 0.877. The molecule has 3 aromatic carbocycles. The van der Waals surface area contributed by atoms with Gasteiger partial charge < -0.3 is 27.2 Å². The minimum atomic E-state index is 0. The minimum Gasteiger partial charge on any atom is -1.00 e. The molecule has 0 spiro atoms. The van der Waals surface area contributed by atoms with Gasteiger partial charge in [0, 0.05) is 19.0 Å². The first-order valence-corrected chi connectivity index (χ1v) is 9.38. The van der Waals surface area contributed by atoms with Crippen LogP contribution >= 0.6 is 0 Å². The van der Waals surface area contributed by atoms with Crippen LogP contribution in [0.3, 0.4) is 0 Å². The van der Waals surface area contributed by atoms with Gasteiger partial charge in [-0.3, -0.25) is 0 Å². The molecule has 0 saturated carbocycles. The third kappa shape index (κ3) is 6.29. The van der Waals surface area contributed by atoms with E-state index < -0.39 is 0 Å². The van der Waals surface area contributed by atoms with Gasteiger partial charge in [0.05, 0.1) is 13.7 Å². The summed E-state index contributed by atoms with van der Waals surface area (Å²) in [5.41, 5.74) is 3.72. The van der Waals surface area contributed by atoms with Crippen molar-refractivity contribution in [1.29, 1.82) is 0 Å². The topological polar surface area (TPSA) is 30.5 Å². The van der Waals surface area contributed by atoms with Gasteiger partial charge in [-0.25, -0.2) is 0 Å². The zero-order valence-corrected chi connectivity index (χ0v) is 17.2. The minimum absolute atomic E-state index is 0. The van der Waals surface area contributed by atoms with Crippen LogP contribution in [0.2, 0.25) is 0 Å². The molecule has 28 heavy (non-hydrogen) atoms. The highest BCUT2D eigenvalue weighted by Gasteiger charge is 2.08.